The second-order valence-electron chi connectivity index (χ2n) is 11.9. The predicted octanol–water partition coefficient (Wildman–Crippen LogP) is 3.31. The molecule has 3 aliphatic heterocycles. The van der Waals surface area contributed by atoms with E-state index in [2.05, 4.69) is 34.4 Å². The third-order valence-electron chi connectivity index (χ3n) is 9.00. The number of aliphatic hydroxyl groups excluding tert-OH is 1. The van der Waals surface area contributed by atoms with Crippen molar-refractivity contribution in [3.05, 3.63) is 97.1 Å². The van der Waals surface area contributed by atoms with E-state index in [1.165, 1.54) is 4.90 Å². The number of carbonyl (C=O) groups is 4. The first-order valence-corrected chi connectivity index (χ1v) is 16.5. The lowest BCUT2D eigenvalue weighted by Crippen LogP contribution is -2.56. The molecule has 10 nitrogen and oxygen atoms in total. The number of nitrogens with one attached hydrogen (secondary N) is 1. The van der Waals surface area contributed by atoms with Crippen LogP contribution in [0.15, 0.2) is 86.0 Å². The van der Waals surface area contributed by atoms with E-state index in [-0.39, 0.29) is 55.8 Å². The molecule has 46 heavy (non-hydrogen) atoms. The number of alkyl halides is 1. The fraction of sp³-hybridized carbons (Fsp3) is 0.429. The number of likely N-dealkylation sites (tertiary alicyclic amines) is 1. The maximum absolute atomic E-state index is 14.4. The number of aliphatic hydroxyl groups is 1. The van der Waals surface area contributed by atoms with Gasteiger partial charge in [0.25, 0.3) is 0 Å². The van der Waals surface area contributed by atoms with Gasteiger partial charge in [-0.1, -0.05) is 88.7 Å². The van der Waals surface area contributed by atoms with Gasteiger partial charge in [0.2, 0.25) is 17.7 Å². The van der Waals surface area contributed by atoms with Gasteiger partial charge in [0.05, 0.1) is 31.1 Å². The number of ether oxygens (including phenoxy) is 2. The van der Waals surface area contributed by atoms with E-state index in [0.29, 0.717) is 18.4 Å². The van der Waals surface area contributed by atoms with Crippen molar-refractivity contribution in [1.29, 1.82) is 0 Å². The van der Waals surface area contributed by atoms with E-state index in [4.69, 9.17) is 9.47 Å². The molecule has 11 heteroatoms. The van der Waals surface area contributed by atoms with Crippen molar-refractivity contribution in [2.45, 2.75) is 54.5 Å². The minimum Gasteiger partial charge on any atom is -0.455 e. The Balaban J connectivity index is 1.44. The molecule has 1 spiro atoms. The normalized spacial score (nSPS) is 26.7. The Labute approximate surface area is 277 Å². The maximum atomic E-state index is 14.4. The number of fused-ring (bicyclic) bond motifs is 1. The van der Waals surface area contributed by atoms with Crippen LogP contribution in [0.2, 0.25) is 0 Å². The number of benzene rings is 2. The molecule has 244 valence electrons. The number of hydrogen-bond donors (Lipinski definition) is 2. The van der Waals surface area contributed by atoms with Crippen molar-refractivity contribution in [2.75, 3.05) is 26.2 Å². The maximum Gasteiger partial charge on any atom is 0.313 e. The van der Waals surface area contributed by atoms with Crippen LogP contribution in [0.4, 0.5) is 0 Å². The highest BCUT2D eigenvalue weighted by Crippen LogP contribution is 2.60. The van der Waals surface area contributed by atoms with Crippen LogP contribution in [0.25, 0.3) is 0 Å². The highest BCUT2D eigenvalue weighted by Gasteiger charge is 2.77. The fourth-order valence-electron chi connectivity index (χ4n) is 7.03. The SMILES string of the molecule is C=CCCC(=O)NC[C@H](OC(=O)[C@H]1[C@@H]2O[C@@]3(CC2Br)[C@@H]1C(=O)N(CCO)[C@@H]3C(=O)N(CC=C)Cc1ccccc1)c1ccccc1. The van der Waals surface area contributed by atoms with E-state index in [0.717, 1.165) is 5.56 Å². The van der Waals surface area contributed by atoms with Gasteiger partial charge in [-0.3, -0.25) is 19.2 Å². The standard InChI is InChI=1S/C35H40BrN3O7/c1-3-5-16-27(41)37-21-26(24-14-10-7-11-15-24)45-34(44)28-29-32(42)39(18-19-40)31(35(29)20-25(36)30(28)46-35)33(43)38(17-4-2)22-23-12-8-6-9-13-23/h3-4,6-15,25-26,28-31,40H,1-2,5,16-22H2,(H,37,41)/t25?,26-,28+,29-,30+,31+,35-/m0/s1. The molecule has 5 rings (SSSR count). The van der Waals surface area contributed by atoms with Gasteiger partial charge < -0.3 is 29.7 Å². The lowest BCUT2D eigenvalue weighted by atomic mass is 9.70. The van der Waals surface area contributed by atoms with Crippen LogP contribution in [0.5, 0.6) is 0 Å². The van der Waals surface area contributed by atoms with Gasteiger partial charge >= 0.3 is 5.97 Å². The Kier molecular flexibility index (Phi) is 10.8. The van der Waals surface area contributed by atoms with Crippen LogP contribution in [-0.4, -0.2) is 87.4 Å². The van der Waals surface area contributed by atoms with Crippen molar-refractivity contribution in [3.8, 4) is 0 Å². The first-order chi connectivity index (χ1) is 22.2. The number of rotatable bonds is 15. The summed E-state index contributed by atoms with van der Waals surface area (Å²) in [5.41, 5.74) is 0.288. The molecule has 0 aliphatic carbocycles. The van der Waals surface area contributed by atoms with E-state index < -0.39 is 47.6 Å². The summed E-state index contributed by atoms with van der Waals surface area (Å²) in [6.07, 6.45) is 2.85. The molecule has 7 atom stereocenters. The zero-order valence-corrected chi connectivity index (χ0v) is 27.2. The van der Waals surface area contributed by atoms with Crippen molar-refractivity contribution < 1.29 is 33.8 Å². The molecule has 2 aromatic rings. The number of carbonyl (C=O) groups excluding carboxylic acids is 4. The van der Waals surface area contributed by atoms with Gasteiger partial charge in [0.1, 0.15) is 17.7 Å². The van der Waals surface area contributed by atoms with E-state index >= 15 is 0 Å². The lowest BCUT2D eigenvalue weighted by molar-refractivity contribution is -0.160. The molecule has 3 fully saturated rings. The number of allylic oxidation sites excluding steroid dienone is 1. The number of nitrogens with zero attached hydrogens (tertiary/aromatic N) is 2. The third kappa shape index (κ3) is 6.54. The molecule has 0 aromatic heterocycles. The molecule has 3 aliphatic rings. The van der Waals surface area contributed by atoms with Crippen LogP contribution in [0, 0.1) is 11.8 Å². The Morgan fingerprint density at radius 2 is 1.83 bits per heavy atom. The average molecular weight is 695 g/mol. The summed E-state index contributed by atoms with van der Waals surface area (Å²) in [5.74, 6) is -3.61. The number of β-amino-alcohol motifs (C(OH)–C–C–N with tert-alkyl or cyclic N) is 1. The van der Waals surface area contributed by atoms with E-state index in [1.807, 2.05) is 48.5 Å². The van der Waals surface area contributed by atoms with Crippen LogP contribution >= 0.6 is 15.9 Å². The van der Waals surface area contributed by atoms with Crippen molar-refractivity contribution in [2.24, 2.45) is 11.8 Å². The van der Waals surface area contributed by atoms with Crippen molar-refractivity contribution in [1.82, 2.24) is 15.1 Å². The number of hydrogen-bond acceptors (Lipinski definition) is 7. The second kappa shape index (κ2) is 14.7. The monoisotopic (exact) mass is 693 g/mol. The summed E-state index contributed by atoms with van der Waals surface area (Å²) in [6.45, 7) is 7.58. The fourth-order valence-corrected chi connectivity index (χ4v) is 7.98. The minimum absolute atomic E-state index is 0.0409. The van der Waals surface area contributed by atoms with Crippen molar-refractivity contribution in [3.63, 3.8) is 0 Å². The summed E-state index contributed by atoms with van der Waals surface area (Å²) >= 11 is 3.68. The summed E-state index contributed by atoms with van der Waals surface area (Å²) in [7, 11) is 0. The highest BCUT2D eigenvalue weighted by atomic mass is 79.9. The van der Waals surface area contributed by atoms with Gasteiger partial charge in [0.15, 0.2) is 0 Å². The average Bonchev–Trinajstić information content (AvgIpc) is 3.65. The van der Waals surface area contributed by atoms with Gasteiger partial charge in [-0.15, -0.1) is 13.2 Å². The first kappa shape index (κ1) is 33.6. The van der Waals surface area contributed by atoms with Gasteiger partial charge in [-0.25, -0.2) is 0 Å². The van der Waals surface area contributed by atoms with Crippen LogP contribution in [0.3, 0.4) is 0 Å². The highest BCUT2D eigenvalue weighted by molar-refractivity contribution is 9.09. The number of halogens is 1. The predicted molar refractivity (Wildman–Crippen MR) is 174 cm³/mol. The van der Waals surface area contributed by atoms with Crippen molar-refractivity contribution >= 4 is 39.6 Å². The molecule has 1 unspecified atom stereocenters. The number of amides is 3. The molecule has 2 bridgehead atoms. The minimum atomic E-state index is -1.30. The summed E-state index contributed by atoms with van der Waals surface area (Å²) < 4.78 is 12.7. The van der Waals surface area contributed by atoms with E-state index in [9.17, 15) is 24.3 Å². The zero-order chi connectivity index (χ0) is 32.8. The molecule has 2 N–H and O–H groups in total. The molecular weight excluding hydrogens is 654 g/mol. The summed E-state index contributed by atoms with van der Waals surface area (Å²) in [4.78, 5) is 57.7. The molecule has 0 saturated carbocycles. The zero-order valence-electron chi connectivity index (χ0n) is 25.6. The Morgan fingerprint density at radius 3 is 2.48 bits per heavy atom. The molecule has 0 radical (unpaired) electrons. The quantitative estimate of drug-likeness (QED) is 0.167. The lowest BCUT2D eigenvalue weighted by Gasteiger charge is -2.37. The van der Waals surface area contributed by atoms with Gasteiger partial charge in [0, 0.05) is 30.9 Å². The Morgan fingerprint density at radius 1 is 1.13 bits per heavy atom. The Hall–Kier alpha value is -3.80. The van der Waals surface area contributed by atoms with Gasteiger partial charge in [-0.05, 0) is 24.0 Å². The smallest absolute Gasteiger partial charge is 0.313 e. The van der Waals surface area contributed by atoms with Crippen LogP contribution < -0.4 is 5.32 Å². The summed E-state index contributed by atoms with van der Waals surface area (Å²) in [5, 5.41) is 12.8. The molecular formula is C35H40BrN3O7. The first-order valence-electron chi connectivity index (χ1n) is 15.6. The molecule has 3 amide bonds. The summed E-state index contributed by atoms with van der Waals surface area (Å²) in [6, 6.07) is 17.5. The topological polar surface area (TPSA) is 125 Å². The second-order valence-corrected chi connectivity index (χ2v) is 13.1. The van der Waals surface area contributed by atoms with Gasteiger partial charge in [-0.2, -0.15) is 0 Å². The third-order valence-corrected chi connectivity index (χ3v) is 9.85. The number of esters is 1. The van der Waals surface area contributed by atoms with E-state index in [1.54, 1.807) is 29.2 Å². The van der Waals surface area contributed by atoms with Crippen LogP contribution in [0.1, 0.15) is 36.5 Å². The largest absolute Gasteiger partial charge is 0.455 e. The molecule has 3 heterocycles. The molecule has 3 saturated heterocycles. The van der Waals surface area contributed by atoms with Crippen LogP contribution in [-0.2, 0) is 35.2 Å². The Bertz CT molecular complexity index is 1440. The molecule has 2 aromatic carbocycles.